The van der Waals surface area contributed by atoms with E-state index in [9.17, 15) is 0 Å². The Morgan fingerprint density at radius 2 is 1.92 bits per heavy atom. The Hall–Kier alpha value is -1.93. The Balaban J connectivity index is 2.95. The van der Waals surface area contributed by atoms with Gasteiger partial charge in [-0.25, -0.2) is 0 Å². The number of nitriles is 1. The van der Waals surface area contributed by atoms with Crippen LogP contribution in [0.3, 0.4) is 0 Å². The van der Waals surface area contributed by atoms with Crippen molar-refractivity contribution in [3.05, 3.63) is 29.8 Å². The first-order valence-corrected chi connectivity index (χ1v) is 3.85. The monoisotopic (exact) mass is 184 g/mol. The molecular weight excluding hydrogens is 180 g/mol. The average Bonchev–Trinajstić information content (AvgIpc) is 2.17. The summed E-state index contributed by atoms with van der Waals surface area (Å²) in [5.74, 6) is 4.97. The van der Waals surface area contributed by atoms with Gasteiger partial charge in [-0.1, -0.05) is 5.92 Å². The van der Waals surface area contributed by atoms with E-state index in [1.54, 1.807) is 30.3 Å². The molecule has 0 fully saturated rings. The molecule has 0 saturated carbocycles. The van der Waals surface area contributed by atoms with Crippen LogP contribution in [-0.2, 0) is 0 Å². The van der Waals surface area contributed by atoms with E-state index in [0.29, 0.717) is 0 Å². The smallest absolute Gasteiger partial charge is 0.152 e. The highest BCUT2D eigenvalue weighted by Crippen LogP contribution is 2.11. The second-order valence-electron chi connectivity index (χ2n) is 2.11. The second-order valence-corrected chi connectivity index (χ2v) is 2.29. The average molecular weight is 184 g/mol. The predicted molar refractivity (Wildman–Crippen MR) is 53.6 cm³/mol. The summed E-state index contributed by atoms with van der Waals surface area (Å²) < 4.78 is 0. The van der Waals surface area contributed by atoms with Crippen LogP contribution in [0.5, 0.6) is 0 Å². The third kappa shape index (κ3) is 2.89. The fourth-order valence-corrected chi connectivity index (χ4v) is 0.878. The van der Waals surface area contributed by atoms with Gasteiger partial charge in [0, 0.05) is 11.5 Å². The Morgan fingerprint density at radius 3 is 2.46 bits per heavy atom. The Kier molecular flexibility index (Phi) is 3.42. The second kappa shape index (κ2) is 4.85. The van der Waals surface area contributed by atoms with Crippen LogP contribution in [0.2, 0.25) is 0 Å². The molecule has 60 valence electrons. The SMILES string of the molecule is N#CC#Cc1ccc(N=C=S)cc1. The molecule has 13 heavy (non-hydrogen) atoms. The maximum Gasteiger partial charge on any atom is 0.152 e. The number of rotatable bonds is 1. The van der Waals surface area contributed by atoms with Gasteiger partial charge in [0.05, 0.1) is 10.8 Å². The van der Waals surface area contributed by atoms with Crippen molar-refractivity contribution in [1.29, 1.82) is 5.26 Å². The fraction of sp³-hybridized carbons (Fsp3) is 0. The highest BCUT2D eigenvalue weighted by Gasteiger charge is 1.87. The fourth-order valence-electron chi connectivity index (χ4n) is 0.772. The molecule has 0 saturated heterocycles. The summed E-state index contributed by atoms with van der Waals surface area (Å²) in [6.07, 6.45) is 0. The van der Waals surface area contributed by atoms with Crippen molar-refractivity contribution in [2.45, 2.75) is 0 Å². The summed E-state index contributed by atoms with van der Waals surface area (Å²) in [7, 11) is 0. The summed E-state index contributed by atoms with van der Waals surface area (Å²) in [4.78, 5) is 3.78. The molecule has 0 atom stereocenters. The van der Waals surface area contributed by atoms with Gasteiger partial charge < -0.3 is 0 Å². The van der Waals surface area contributed by atoms with Crippen LogP contribution in [0.25, 0.3) is 0 Å². The van der Waals surface area contributed by atoms with Crippen molar-refractivity contribution in [2.24, 2.45) is 4.99 Å². The molecule has 1 rings (SSSR count). The molecule has 3 heteroatoms. The van der Waals surface area contributed by atoms with Gasteiger partial charge in [0.1, 0.15) is 0 Å². The van der Waals surface area contributed by atoms with Crippen molar-refractivity contribution in [3.63, 3.8) is 0 Å². The van der Waals surface area contributed by atoms with Crippen LogP contribution < -0.4 is 0 Å². The largest absolute Gasteiger partial charge is 0.195 e. The van der Waals surface area contributed by atoms with Crippen molar-refractivity contribution in [2.75, 3.05) is 0 Å². The Labute approximate surface area is 81.5 Å². The third-order valence-electron chi connectivity index (χ3n) is 1.30. The van der Waals surface area contributed by atoms with Crippen molar-refractivity contribution in [1.82, 2.24) is 0 Å². The van der Waals surface area contributed by atoms with Gasteiger partial charge in [0.25, 0.3) is 0 Å². The van der Waals surface area contributed by atoms with E-state index < -0.39 is 0 Å². The summed E-state index contributed by atoms with van der Waals surface area (Å²) >= 11 is 4.45. The molecule has 0 heterocycles. The normalized spacial score (nSPS) is 7.31. The highest BCUT2D eigenvalue weighted by atomic mass is 32.1. The zero-order valence-electron chi connectivity index (χ0n) is 6.61. The molecule has 0 radical (unpaired) electrons. The molecule has 0 bridgehead atoms. The quantitative estimate of drug-likeness (QED) is 0.381. The molecule has 0 aliphatic heterocycles. The summed E-state index contributed by atoms with van der Waals surface area (Å²) in [6, 6.07) is 8.82. The molecule has 0 unspecified atom stereocenters. The summed E-state index contributed by atoms with van der Waals surface area (Å²) in [5.41, 5.74) is 1.52. The van der Waals surface area contributed by atoms with E-state index in [-0.39, 0.29) is 0 Å². The van der Waals surface area contributed by atoms with Gasteiger partial charge in [0.2, 0.25) is 0 Å². The number of isothiocyanates is 1. The molecule has 0 amide bonds. The van der Waals surface area contributed by atoms with Crippen molar-refractivity contribution in [3.8, 4) is 17.9 Å². The summed E-state index contributed by atoms with van der Waals surface area (Å²) in [5, 5.41) is 10.5. The van der Waals surface area contributed by atoms with Crippen LogP contribution in [0.1, 0.15) is 5.56 Å². The minimum atomic E-state index is 0.734. The van der Waals surface area contributed by atoms with Crippen LogP contribution in [0, 0.1) is 23.2 Å². The predicted octanol–water partition coefficient (Wildman–Crippen LogP) is 2.30. The molecular formula is C10H4N2S. The number of nitrogens with zero attached hydrogens (tertiary/aromatic N) is 2. The van der Waals surface area contributed by atoms with E-state index in [1.165, 1.54) is 0 Å². The van der Waals surface area contributed by atoms with Crippen LogP contribution in [-0.4, -0.2) is 5.16 Å². The number of hydrogen-bond donors (Lipinski definition) is 0. The van der Waals surface area contributed by atoms with Crippen LogP contribution in [0.4, 0.5) is 5.69 Å². The topological polar surface area (TPSA) is 36.1 Å². The van der Waals surface area contributed by atoms with E-state index in [1.807, 2.05) is 0 Å². The van der Waals surface area contributed by atoms with Crippen molar-refractivity contribution < 1.29 is 0 Å². The van der Waals surface area contributed by atoms with Crippen molar-refractivity contribution >= 4 is 23.1 Å². The van der Waals surface area contributed by atoms with Gasteiger partial charge in [-0.05, 0) is 36.5 Å². The van der Waals surface area contributed by atoms with E-state index in [0.717, 1.165) is 11.3 Å². The molecule has 1 aromatic carbocycles. The molecule has 0 N–H and O–H groups in total. The molecule has 0 aliphatic carbocycles. The Bertz CT molecular complexity index is 437. The number of benzene rings is 1. The molecule has 0 spiro atoms. The molecule has 2 nitrogen and oxygen atoms in total. The molecule has 1 aromatic rings. The van der Waals surface area contributed by atoms with E-state index in [2.05, 4.69) is 34.2 Å². The minimum absolute atomic E-state index is 0.734. The van der Waals surface area contributed by atoms with Crippen LogP contribution in [0.15, 0.2) is 29.3 Å². The lowest BCUT2D eigenvalue weighted by Crippen LogP contribution is -1.71. The lowest BCUT2D eigenvalue weighted by atomic mass is 10.2. The van der Waals surface area contributed by atoms with Gasteiger partial charge >= 0.3 is 0 Å². The van der Waals surface area contributed by atoms with E-state index >= 15 is 0 Å². The lowest BCUT2D eigenvalue weighted by molar-refractivity contribution is 1.53. The molecule has 0 aromatic heterocycles. The highest BCUT2D eigenvalue weighted by molar-refractivity contribution is 7.78. The van der Waals surface area contributed by atoms with Gasteiger partial charge in [-0.15, -0.1) is 0 Å². The third-order valence-corrected chi connectivity index (χ3v) is 1.40. The van der Waals surface area contributed by atoms with Crippen LogP contribution >= 0.6 is 12.2 Å². The number of thiocarbonyl (C=S) groups is 1. The zero-order valence-corrected chi connectivity index (χ0v) is 7.43. The molecule has 0 aliphatic rings. The first kappa shape index (κ1) is 9.16. The van der Waals surface area contributed by atoms with E-state index in [4.69, 9.17) is 5.26 Å². The lowest BCUT2D eigenvalue weighted by Gasteiger charge is -1.90. The number of aliphatic imine (C=N–C) groups is 1. The summed E-state index contributed by atoms with van der Waals surface area (Å²) in [6.45, 7) is 0. The Morgan fingerprint density at radius 1 is 1.23 bits per heavy atom. The van der Waals surface area contributed by atoms with Gasteiger partial charge in [0.15, 0.2) is 6.07 Å². The zero-order chi connectivity index (χ0) is 9.52. The maximum absolute atomic E-state index is 8.20. The first-order chi connectivity index (χ1) is 6.36. The number of hydrogen-bond acceptors (Lipinski definition) is 3. The van der Waals surface area contributed by atoms with Gasteiger partial charge in [-0.2, -0.15) is 10.3 Å². The van der Waals surface area contributed by atoms with Gasteiger partial charge in [-0.3, -0.25) is 0 Å². The first-order valence-electron chi connectivity index (χ1n) is 3.45. The minimum Gasteiger partial charge on any atom is -0.195 e. The standard InChI is InChI=1S/C10H4N2S/c11-7-1-2-9-3-5-10(6-4-9)12-8-13/h3-6H. The maximum atomic E-state index is 8.20.